The number of ether oxygens (including phenoxy) is 1. The largest absolute Gasteiger partial charge is 0.444 e. The van der Waals surface area contributed by atoms with Crippen LogP contribution in [0.15, 0.2) is 12.1 Å². The van der Waals surface area contributed by atoms with E-state index in [-0.39, 0.29) is 11.5 Å². The fraction of sp³-hybridized carbons (Fsp3) is 0.538. The number of hydrogen-bond acceptors (Lipinski definition) is 7. The van der Waals surface area contributed by atoms with Gasteiger partial charge in [0.15, 0.2) is 0 Å². The number of carbonyl (C=O) groups is 1. The Balaban J connectivity index is 2.29. The van der Waals surface area contributed by atoms with E-state index in [0.29, 0.717) is 25.3 Å². The Hall–Kier alpha value is -2.58. The molecule has 1 heterocycles. The van der Waals surface area contributed by atoms with Gasteiger partial charge in [0.2, 0.25) is 5.82 Å². The first-order valence-electron chi connectivity index (χ1n) is 6.80. The Labute approximate surface area is 128 Å². The third-order valence-corrected chi connectivity index (χ3v) is 2.43. The van der Waals surface area contributed by atoms with Crippen LogP contribution in [-0.4, -0.2) is 34.7 Å². The van der Waals surface area contributed by atoms with Crippen molar-refractivity contribution in [2.45, 2.75) is 32.8 Å². The Kier molecular flexibility index (Phi) is 5.90. The number of hydrogen-bond donors (Lipinski definition) is 3. The number of nitrogens with one attached hydrogen (secondary N) is 2. The lowest BCUT2D eigenvalue weighted by molar-refractivity contribution is -0.384. The molecule has 9 nitrogen and oxygen atoms in total. The van der Waals surface area contributed by atoms with Gasteiger partial charge in [-0.2, -0.15) is 0 Å². The van der Waals surface area contributed by atoms with Gasteiger partial charge in [-0.3, -0.25) is 10.1 Å². The van der Waals surface area contributed by atoms with Crippen molar-refractivity contribution in [2.24, 2.45) is 0 Å². The first-order valence-corrected chi connectivity index (χ1v) is 6.80. The number of nitro groups is 1. The van der Waals surface area contributed by atoms with E-state index in [1.165, 1.54) is 12.1 Å². The lowest BCUT2D eigenvalue weighted by atomic mass is 10.2. The highest BCUT2D eigenvalue weighted by molar-refractivity contribution is 5.67. The molecule has 1 rings (SSSR count). The Morgan fingerprint density at radius 1 is 1.41 bits per heavy atom. The number of amides is 1. The maximum absolute atomic E-state index is 11.4. The second-order valence-corrected chi connectivity index (χ2v) is 5.57. The summed E-state index contributed by atoms with van der Waals surface area (Å²) in [7, 11) is 0. The summed E-state index contributed by atoms with van der Waals surface area (Å²) in [5.41, 5.74) is 4.73. The minimum atomic E-state index is -0.586. The molecule has 0 unspecified atom stereocenters. The molecule has 1 aromatic rings. The minimum absolute atomic E-state index is 0.137. The fourth-order valence-electron chi connectivity index (χ4n) is 1.53. The first-order chi connectivity index (χ1) is 10.2. The maximum atomic E-state index is 11.4. The van der Waals surface area contributed by atoms with Gasteiger partial charge in [-0.1, -0.05) is 0 Å². The number of rotatable bonds is 6. The van der Waals surface area contributed by atoms with Gasteiger partial charge in [0.1, 0.15) is 11.4 Å². The van der Waals surface area contributed by atoms with E-state index in [9.17, 15) is 14.9 Å². The predicted octanol–water partition coefficient (Wildman–Crippen LogP) is 1.90. The van der Waals surface area contributed by atoms with Crippen molar-refractivity contribution >= 4 is 23.4 Å². The van der Waals surface area contributed by atoms with E-state index >= 15 is 0 Å². The zero-order valence-electron chi connectivity index (χ0n) is 12.9. The van der Waals surface area contributed by atoms with Crippen LogP contribution in [0.25, 0.3) is 0 Å². The normalized spacial score (nSPS) is 10.9. The van der Waals surface area contributed by atoms with Gasteiger partial charge in [-0.15, -0.1) is 0 Å². The smallest absolute Gasteiger partial charge is 0.407 e. The molecule has 0 fully saturated rings. The van der Waals surface area contributed by atoms with Crippen molar-refractivity contribution in [3.8, 4) is 0 Å². The summed E-state index contributed by atoms with van der Waals surface area (Å²) in [6, 6.07) is 2.78. The summed E-state index contributed by atoms with van der Waals surface area (Å²) in [6.07, 6.45) is 0.169. The van der Waals surface area contributed by atoms with E-state index in [4.69, 9.17) is 10.5 Å². The number of pyridine rings is 1. The van der Waals surface area contributed by atoms with E-state index in [1.807, 2.05) is 0 Å². The molecule has 0 aliphatic carbocycles. The Morgan fingerprint density at radius 3 is 2.64 bits per heavy atom. The van der Waals surface area contributed by atoms with E-state index < -0.39 is 16.6 Å². The summed E-state index contributed by atoms with van der Waals surface area (Å²) in [4.78, 5) is 25.3. The molecule has 0 aliphatic rings. The molecular weight excluding hydrogens is 290 g/mol. The maximum Gasteiger partial charge on any atom is 0.407 e. The summed E-state index contributed by atoms with van der Waals surface area (Å²) < 4.78 is 5.09. The van der Waals surface area contributed by atoms with Crippen molar-refractivity contribution in [2.75, 3.05) is 24.1 Å². The number of carbonyl (C=O) groups excluding carboxylic acids is 1. The quantitative estimate of drug-likeness (QED) is 0.415. The molecule has 0 saturated heterocycles. The minimum Gasteiger partial charge on any atom is -0.444 e. The number of nitrogen functional groups attached to an aromatic ring is 1. The second kappa shape index (κ2) is 7.43. The van der Waals surface area contributed by atoms with Crippen LogP contribution in [-0.2, 0) is 4.74 Å². The average molecular weight is 311 g/mol. The van der Waals surface area contributed by atoms with E-state index in [2.05, 4.69) is 15.6 Å². The van der Waals surface area contributed by atoms with Crippen molar-refractivity contribution in [1.29, 1.82) is 0 Å². The molecule has 0 spiro atoms. The fourth-order valence-corrected chi connectivity index (χ4v) is 1.53. The number of aromatic nitrogens is 1. The third-order valence-electron chi connectivity index (χ3n) is 2.43. The van der Waals surface area contributed by atoms with Gasteiger partial charge >= 0.3 is 11.8 Å². The highest BCUT2D eigenvalue weighted by Crippen LogP contribution is 2.20. The molecule has 0 aliphatic heterocycles. The molecular formula is C13H21N5O4. The number of anilines is 2. The van der Waals surface area contributed by atoms with Crippen LogP contribution in [0.2, 0.25) is 0 Å². The van der Waals surface area contributed by atoms with E-state index in [0.717, 1.165) is 0 Å². The SMILES string of the molecule is CC(C)(C)OC(=O)NCCCNc1ccc([N+](=O)[O-])c(N)n1. The molecule has 0 saturated carbocycles. The number of alkyl carbamates (subject to hydrolysis) is 1. The third kappa shape index (κ3) is 6.25. The zero-order chi connectivity index (χ0) is 16.8. The van der Waals surface area contributed by atoms with Crippen molar-refractivity contribution in [3.63, 3.8) is 0 Å². The molecule has 0 radical (unpaired) electrons. The van der Waals surface area contributed by atoms with Gasteiger partial charge in [-0.05, 0) is 33.3 Å². The van der Waals surface area contributed by atoms with Crippen LogP contribution in [0.3, 0.4) is 0 Å². The van der Waals surface area contributed by atoms with Crippen LogP contribution >= 0.6 is 0 Å². The van der Waals surface area contributed by atoms with Crippen LogP contribution in [0, 0.1) is 10.1 Å². The highest BCUT2D eigenvalue weighted by Gasteiger charge is 2.15. The van der Waals surface area contributed by atoms with Crippen LogP contribution in [0.4, 0.5) is 22.1 Å². The highest BCUT2D eigenvalue weighted by atomic mass is 16.6. The lowest BCUT2D eigenvalue weighted by Crippen LogP contribution is -2.33. The van der Waals surface area contributed by atoms with Crippen LogP contribution < -0.4 is 16.4 Å². The van der Waals surface area contributed by atoms with E-state index in [1.54, 1.807) is 20.8 Å². The molecule has 4 N–H and O–H groups in total. The molecule has 122 valence electrons. The molecule has 1 amide bonds. The summed E-state index contributed by atoms with van der Waals surface area (Å²) in [5.74, 6) is 0.308. The molecule has 0 atom stereocenters. The van der Waals surface area contributed by atoms with Gasteiger partial charge in [0, 0.05) is 19.2 Å². The molecule has 22 heavy (non-hydrogen) atoms. The Bertz CT molecular complexity index is 542. The zero-order valence-corrected chi connectivity index (χ0v) is 12.9. The summed E-state index contributed by atoms with van der Waals surface area (Å²) >= 11 is 0. The second-order valence-electron chi connectivity index (χ2n) is 5.57. The van der Waals surface area contributed by atoms with Crippen LogP contribution in [0.1, 0.15) is 27.2 Å². The van der Waals surface area contributed by atoms with Crippen LogP contribution in [0.5, 0.6) is 0 Å². The number of nitrogens with two attached hydrogens (primary N) is 1. The molecule has 1 aromatic heterocycles. The average Bonchev–Trinajstić information content (AvgIpc) is 2.35. The molecule has 0 aromatic carbocycles. The monoisotopic (exact) mass is 311 g/mol. The summed E-state index contributed by atoms with van der Waals surface area (Å²) in [6.45, 7) is 6.33. The lowest BCUT2D eigenvalue weighted by Gasteiger charge is -2.19. The van der Waals surface area contributed by atoms with Gasteiger partial charge in [-0.25, -0.2) is 9.78 Å². The van der Waals surface area contributed by atoms with Gasteiger partial charge < -0.3 is 21.1 Å². The first kappa shape index (κ1) is 17.5. The van der Waals surface area contributed by atoms with Crippen molar-refractivity contribution in [1.82, 2.24) is 10.3 Å². The predicted molar refractivity (Wildman–Crippen MR) is 82.6 cm³/mol. The van der Waals surface area contributed by atoms with Crippen molar-refractivity contribution in [3.05, 3.63) is 22.2 Å². The number of nitrogens with zero attached hydrogens (tertiary/aromatic N) is 2. The van der Waals surface area contributed by atoms with Crippen molar-refractivity contribution < 1.29 is 14.5 Å². The molecule has 9 heteroatoms. The van der Waals surface area contributed by atoms with Gasteiger partial charge in [0.05, 0.1) is 4.92 Å². The summed E-state index contributed by atoms with van der Waals surface area (Å²) in [5, 5.41) is 16.2. The van der Waals surface area contributed by atoms with Gasteiger partial charge in [0.25, 0.3) is 0 Å². The Morgan fingerprint density at radius 2 is 2.09 bits per heavy atom. The topological polar surface area (TPSA) is 132 Å². The molecule has 0 bridgehead atoms. The standard InChI is InChI=1S/C13H21N5O4/c1-13(2,3)22-12(19)16-8-4-7-15-10-6-5-9(18(20)21)11(14)17-10/h5-6H,4,7-8H2,1-3H3,(H,16,19)(H3,14,15,17).